The predicted octanol–water partition coefficient (Wildman–Crippen LogP) is 8.13. The Kier molecular flexibility index (Phi) is 8.52. The maximum Gasteiger partial charge on any atom is 0.392 e. The minimum absolute atomic E-state index is 0.0126. The highest BCUT2D eigenvalue weighted by Gasteiger charge is 2.60. The van der Waals surface area contributed by atoms with Crippen molar-refractivity contribution in [2.75, 3.05) is 5.32 Å². The molecule has 0 radical (unpaired) electrons. The Morgan fingerprint density at radius 3 is 2.31 bits per heavy atom. The molecule has 4 atom stereocenters. The lowest BCUT2D eigenvalue weighted by molar-refractivity contribution is -0.188. The number of anilines is 1. The summed E-state index contributed by atoms with van der Waals surface area (Å²) in [5, 5.41) is 3.23. The Morgan fingerprint density at radius 1 is 1.13 bits per heavy atom. The van der Waals surface area contributed by atoms with Crippen LogP contribution in [0.5, 0.6) is 0 Å². The molecule has 39 heavy (non-hydrogen) atoms. The number of ether oxygens (including phenoxy) is 2. The molecule has 3 aliphatic carbocycles. The third kappa shape index (κ3) is 7.19. The van der Waals surface area contributed by atoms with Crippen LogP contribution in [0.1, 0.15) is 71.5 Å². The van der Waals surface area contributed by atoms with Crippen LogP contribution in [0.25, 0.3) is 0 Å². The Hall–Kier alpha value is -2.03. The molecular weight excluding hydrogens is 554 g/mol. The van der Waals surface area contributed by atoms with E-state index < -0.39 is 47.0 Å². The Balaban J connectivity index is 1.62. The molecule has 1 aromatic carbocycles. The lowest BCUT2D eigenvalue weighted by atomic mass is 9.78. The maximum absolute atomic E-state index is 13.8. The lowest BCUT2D eigenvalue weighted by Gasteiger charge is -2.32. The van der Waals surface area contributed by atoms with Gasteiger partial charge in [0.2, 0.25) is 5.91 Å². The van der Waals surface area contributed by atoms with Crippen LogP contribution in [0.4, 0.5) is 18.9 Å². The second-order valence-electron chi connectivity index (χ2n) is 11.8. The SMILES string of the molecule is C[C@H]([C@H](C(=O)Nc1cc(C(OC2CC2)C2(C(=O)OC(C)(C)C)CC2)ccc1Cl)C1C=CC(Cl)=CC1)C(F)(F)F. The number of allylic oxidation sites excluding steroid dienone is 4. The van der Waals surface area contributed by atoms with E-state index in [1.54, 1.807) is 51.1 Å². The van der Waals surface area contributed by atoms with E-state index in [1.807, 2.05) is 0 Å². The van der Waals surface area contributed by atoms with Gasteiger partial charge in [-0.05, 0) is 82.6 Å². The second kappa shape index (κ2) is 11.1. The van der Waals surface area contributed by atoms with Crippen molar-refractivity contribution >= 4 is 40.8 Å². The van der Waals surface area contributed by atoms with Crippen LogP contribution in [0, 0.1) is 23.2 Å². The lowest BCUT2D eigenvalue weighted by Crippen LogP contribution is -2.40. The number of esters is 1. The summed E-state index contributed by atoms with van der Waals surface area (Å²) in [4.78, 5) is 26.6. The Morgan fingerprint density at radius 2 is 1.79 bits per heavy atom. The van der Waals surface area contributed by atoms with Crippen LogP contribution >= 0.6 is 23.2 Å². The molecule has 0 aliphatic heterocycles. The summed E-state index contributed by atoms with van der Waals surface area (Å²) in [7, 11) is 0. The maximum atomic E-state index is 13.8. The number of carbonyl (C=O) groups excluding carboxylic acids is 2. The summed E-state index contributed by atoms with van der Waals surface area (Å²) in [5.41, 5.74) is -0.766. The summed E-state index contributed by atoms with van der Waals surface area (Å²) in [6.07, 6.45) is 2.59. The fraction of sp³-hybridized carbons (Fsp3) is 0.586. The predicted molar refractivity (Wildman–Crippen MR) is 144 cm³/mol. The largest absolute Gasteiger partial charge is 0.459 e. The number of carbonyl (C=O) groups is 2. The Labute approximate surface area is 237 Å². The fourth-order valence-corrected chi connectivity index (χ4v) is 5.23. The molecular formula is C29H34Cl2F3NO4. The van der Waals surface area contributed by atoms with Crippen molar-refractivity contribution in [3.8, 4) is 0 Å². The van der Waals surface area contributed by atoms with Crippen LogP contribution < -0.4 is 5.32 Å². The third-order valence-corrected chi connectivity index (χ3v) is 8.02. The molecule has 2 saturated carbocycles. The van der Waals surface area contributed by atoms with Crippen LogP contribution in [-0.4, -0.2) is 29.8 Å². The Bertz CT molecular complexity index is 1170. The van der Waals surface area contributed by atoms with Gasteiger partial charge in [-0.3, -0.25) is 9.59 Å². The van der Waals surface area contributed by atoms with Gasteiger partial charge in [0.25, 0.3) is 0 Å². The summed E-state index contributed by atoms with van der Waals surface area (Å²) in [5.74, 6) is -5.16. The van der Waals surface area contributed by atoms with Crippen molar-refractivity contribution in [1.82, 2.24) is 0 Å². The first-order valence-corrected chi connectivity index (χ1v) is 14.0. The van der Waals surface area contributed by atoms with E-state index in [2.05, 4.69) is 5.32 Å². The molecule has 4 rings (SSSR count). The second-order valence-corrected chi connectivity index (χ2v) is 12.6. The van der Waals surface area contributed by atoms with Gasteiger partial charge in [-0.15, -0.1) is 0 Å². The average molecular weight is 588 g/mol. The van der Waals surface area contributed by atoms with Crippen molar-refractivity contribution in [3.63, 3.8) is 0 Å². The molecule has 1 N–H and O–H groups in total. The molecule has 0 aromatic heterocycles. The zero-order chi connectivity index (χ0) is 28.8. The molecule has 3 aliphatic rings. The molecule has 0 heterocycles. The fourth-order valence-electron chi connectivity index (χ4n) is 4.90. The number of hydrogen-bond donors (Lipinski definition) is 1. The summed E-state index contributed by atoms with van der Waals surface area (Å²) in [6.45, 7) is 6.42. The standard InChI is InChI=1S/C29H34Cl2F3NO4/c1-16(29(32,33)34)23(17-5-8-19(30)9-6-17)25(36)35-22-15-18(7-12-21(22)31)24(38-20-10-11-20)28(13-14-28)26(37)39-27(2,3)4/h5,7-9,12,15-17,20,23-24H,6,10-11,13-14H2,1-4H3,(H,35,36)/t16-,17?,23+,24?/m1/s1. The highest BCUT2D eigenvalue weighted by atomic mass is 35.5. The van der Waals surface area contributed by atoms with E-state index in [-0.39, 0.29) is 29.2 Å². The van der Waals surface area contributed by atoms with Crippen LogP contribution in [0.2, 0.25) is 5.02 Å². The van der Waals surface area contributed by atoms with Gasteiger partial charge in [-0.2, -0.15) is 13.2 Å². The topological polar surface area (TPSA) is 64.6 Å². The summed E-state index contributed by atoms with van der Waals surface area (Å²) < 4.78 is 53.4. The first-order chi connectivity index (χ1) is 18.1. The van der Waals surface area contributed by atoms with Gasteiger partial charge in [0.1, 0.15) is 5.60 Å². The molecule has 214 valence electrons. The van der Waals surface area contributed by atoms with E-state index in [9.17, 15) is 22.8 Å². The van der Waals surface area contributed by atoms with Gasteiger partial charge in [0.15, 0.2) is 0 Å². The van der Waals surface area contributed by atoms with Gasteiger partial charge in [0.05, 0.1) is 40.2 Å². The van der Waals surface area contributed by atoms with Crippen LogP contribution in [-0.2, 0) is 19.1 Å². The molecule has 1 amide bonds. The zero-order valence-corrected chi connectivity index (χ0v) is 23.9. The highest BCUT2D eigenvalue weighted by Crippen LogP contribution is 2.59. The van der Waals surface area contributed by atoms with Gasteiger partial charge in [0, 0.05) is 5.03 Å². The minimum Gasteiger partial charge on any atom is -0.459 e. The number of nitrogens with one attached hydrogen (secondary N) is 1. The van der Waals surface area contributed by atoms with Crippen molar-refractivity contribution < 1.29 is 32.2 Å². The van der Waals surface area contributed by atoms with Crippen molar-refractivity contribution in [1.29, 1.82) is 0 Å². The van der Waals surface area contributed by atoms with E-state index in [0.29, 0.717) is 23.4 Å². The third-order valence-electron chi connectivity index (χ3n) is 7.41. The number of amides is 1. The monoisotopic (exact) mass is 587 g/mol. The molecule has 2 unspecified atom stereocenters. The summed E-state index contributed by atoms with van der Waals surface area (Å²) >= 11 is 12.4. The molecule has 5 nitrogen and oxygen atoms in total. The molecule has 0 bridgehead atoms. The van der Waals surface area contributed by atoms with Gasteiger partial charge >= 0.3 is 12.1 Å². The first-order valence-electron chi connectivity index (χ1n) is 13.2. The number of benzene rings is 1. The highest BCUT2D eigenvalue weighted by molar-refractivity contribution is 6.33. The number of halogens is 5. The van der Waals surface area contributed by atoms with Crippen molar-refractivity contribution in [3.05, 3.63) is 52.0 Å². The molecule has 2 fully saturated rings. The van der Waals surface area contributed by atoms with E-state index in [0.717, 1.165) is 19.8 Å². The van der Waals surface area contributed by atoms with Crippen LogP contribution in [0.15, 0.2) is 41.5 Å². The first kappa shape index (κ1) is 29.9. The number of rotatable bonds is 9. The molecule has 0 spiro atoms. The van der Waals surface area contributed by atoms with Gasteiger partial charge in [-0.1, -0.05) is 48.3 Å². The number of alkyl halides is 3. The molecule has 10 heteroatoms. The molecule has 1 aromatic rings. The van der Waals surface area contributed by atoms with Crippen LogP contribution in [0.3, 0.4) is 0 Å². The summed E-state index contributed by atoms with van der Waals surface area (Å²) in [6, 6.07) is 4.88. The van der Waals surface area contributed by atoms with Gasteiger partial charge in [-0.25, -0.2) is 0 Å². The van der Waals surface area contributed by atoms with Crippen molar-refractivity contribution in [2.45, 2.75) is 83.8 Å². The number of hydrogen-bond acceptors (Lipinski definition) is 4. The van der Waals surface area contributed by atoms with E-state index >= 15 is 0 Å². The van der Waals surface area contributed by atoms with E-state index in [1.165, 1.54) is 6.08 Å². The quantitative estimate of drug-likeness (QED) is 0.296. The minimum atomic E-state index is -4.58. The van der Waals surface area contributed by atoms with Crippen molar-refractivity contribution in [2.24, 2.45) is 23.2 Å². The average Bonchev–Trinajstić information content (AvgIpc) is 3.74. The smallest absolute Gasteiger partial charge is 0.392 e. The van der Waals surface area contributed by atoms with Gasteiger partial charge < -0.3 is 14.8 Å². The van der Waals surface area contributed by atoms with E-state index in [4.69, 9.17) is 32.7 Å². The molecule has 0 saturated heterocycles. The normalized spacial score (nSPS) is 22.9. The zero-order valence-electron chi connectivity index (χ0n) is 22.4.